The minimum Gasteiger partial charge on any atom is -0.481 e. The lowest BCUT2D eigenvalue weighted by Gasteiger charge is -2.37. The number of carboxylic acid groups (broad SMARTS) is 1. The van der Waals surface area contributed by atoms with Crippen LogP contribution >= 0.6 is 0 Å². The van der Waals surface area contributed by atoms with Crippen LogP contribution in [0.15, 0.2) is 35.9 Å². The zero-order chi connectivity index (χ0) is 21.0. The highest BCUT2D eigenvalue weighted by Crippen LogP contribution is 2.41. The molecule has 2 aliphatic carbocycles. The summed E-state index contributed by atoms with van der Waals surface area (Å²) in [5.74, 6) is -0.0215. The molecule has 2 fully saturated rings. The Morgan fingerprint density at radius 1 is 1.21 bits per heavy atom. The molecule has 1 aromatic rings. The molecule has 4 nitrogen and oxygen atoms in total. The number of carboxylic acids is 1. The molecule has 0 amide bonds. The van der Waals surface area contributed by atoms with E-state index in [2.05, 4.69) is 60.6 Å². The molecule has 160 valence electrons. The van der Waals surface area contributed by atoms with Crippen LogP contribution in [-0.4, -0.2) is 47.7 Å². The third kappa shape index (κ3) is 5.93. The van der Waals surface area contributed by atoms with Gasteiger partial charge in [0.25, 0.3) is 0 Å². The third-order valence-electron chi connectivity index (χ3n) is 6.82. The zero-order valence-electron chi connectivity index (χ0n) is 18.5. The highest BCUT2D eigenvalue weighted by Gasteiger charge is 2.41. The lowest BCUT2D eigenvalue weighted by molar-refractivity contribution is -0.148. The van der Waals surface area contributed by atoms with E-state index in [4.69, 9.17) is 0 Å². The quantitative estimate of drug-likeness (QED) is 0.627. The normalized spacial score (nSPS) is 27.8. The smallest absolute Gasteiger partial charge is 0.310 e. The SMILES string of the molecule is CC/C(=C\c1ccccc1)[C@@H]1C[C@H]1N[C@H]1CC[C@H](N(C)CC(C)(C)C(=O)O)CC1. The fourth-order valence-corrected chi connectivity index (χ4v) is 4.83. The predicted molar refractivity (Wildman–Crippen MR) is 120 cm³/mol. The first kappa shape index (κ1) is 22.0. The van der Waals surface area contributed by atoms with Crippen molar-refractivity contribution in [3.05, 3.63) is 41.5 Å². The standard InChI is InChI=1S/C25H38N2O2/c1-5-19(15-18-9-7-6-8-10-18)22-16-23(22)26-20-11-13-21(14-12-20)27(4)17-25(2,3)24(28)29/h6-10,15,20-23,26H,5,11-14,16-17H2,1-4H3,(H,28,29)/b19-15+/t20-,21-,22-,23+/m0/s1. The Labute approximate surface area is 176 Å². The van der Waals surface area contributed by atoms with Gasteiger partial charge in [-0.15, -0.1) is 0 Å². The van der Waals surface area contributed by atoms with Crippen molar-refractivity contribution in [3.8, 4) is 0 Å². The van der Waals surface area contributed by atoms with Crippen LogP contribution in [0.3, 0.4) is 0 Å². The maximum absolute atomic E-state index is 11.4. The van der Waals surface area contributed by atoms with Crippen LogP contribution < -0.4 is 5.32 Å². The Bertz CT molecular complexity index is 705. The average Bonchev–Trinajstić information content (AvgIpc) is 3.45. The summed E-state index contributed by atoms with van der Waals surface area (Å²) in [7, 11) is 2.09. The Morgan fingerprint density at radius 3 is 2.45 bits per heavy atom. The molecular weight excluding hydrogens is 360 g/mol. The van der Waals surface area contributed by atoms with Gasteiger partial charge in [0.1, 0.15) is 0 Å². The van der Waals surface area contributed by atoms with E-state index in [0.29, 0.717) is 30.6 Å². The fraction of sp³-hybridized carbons (Fsp3) is 0.640. The van der Waals surface area contributed by atoms with Gasteiger partial charge in [0, 0.05) is 24.7 Å². The number of carbonyl (C=O) groups is 1. The molecule has 0 unspecified atom stereocenters. The first-order valence-electron chi connectivity index (χ1n) is 11.3. The van der Waals surface area contributed by atoms with Gasteiger partial charge in [0.2, 0.25) is 0 Å². The van der Waals surface area contributed by atoms with Gasteiger partial charge in [-0.25, -0.2) is 0 Å². The van der Waals surface area contributed by atoms with Crippen LogP contribution in [-0.2, 0) is 4.79 Å². The first-order chi connectivity index (χ1) is 13.8. The van der Waals surface area contributed by atoms with E-state index in [1.807, 2.05) is 13.8 Å². The van der Waals surface area contributed by atoms with Gasteiger partial charge in [-0.2, -0.15) is 0 Å². The van der Waals surface area contributed by atoms with Crippen molar-refractivity contribution in [3.63, 3.8) is 0 Å². The van der Waals surface area contributed by atoms with Gasteiger partial charge < -0.3 is 15.3 Å². The fourth-order valence-electron chi connectivity index (χ4n) is 4.83. The van der Waals surface area contributed by atoms with Crippen LogP contribution in [0, 0.1) is 11.3 Å². The van der Waals surface area contributed by atoms with Crippen molar-refractivity contribution in [2.45, 2.75) is 77.4 Å². The highest BCUT2D eigenvalue weighted by atomic mass is 16.4. The lowest BCUT2D eigenvalue weighted by Crippen LogP contribution is -2.46. The van der Waals surface area contributed by atoms with Crippen molar-refractivity contribution in [1.29, 1.82) is 0 Å². The summed E-state index contributed by atoms with van der Waals surface area (Å²) in [4.78, 5) is 13.7. The summed E-state index contributed by atoms with van der Waals surface area (Å²) in [6, 6.07) is 12.4. The second-order valence-corrected chi connectivity index (χ2v) is 9.71. The molecule has 0 aliphatic heterocycles. The van der Waals surface area contributed by atoms with E-state index >= 15 is 0 Å². The number of nitrogens with zero attached hydrogens (tertiary/aromatic N) is 1. The van der Waals surface area contributed by atoms with Crippen molar-refractivity contribution < 1.29 is 9.90 Å². The van der Waals surface area contributed by atoms with E-state index in [1.165, 1.54) is 24.8 Å². The minimum absolute atomic E-state index is 0.505. The lowest BCUT2D eigenvalue weighted by atomic mass is 9.87. The summed E-state index contributed by atoms with van der Waals surface area (Å²) in [5, 5.41) is 13.3. The maximum atomic E-state index is 11.4. The molecule has 2 atom stereocenters. The van der Waals surface area contributed by atoms with Gasteiger partial charge in [-0.1, -0.05) is 48.9 Å². The summed E-state index contributed by atoms with van der Waals surface area (Å²) >= 11 is 0. The van der Waals surface area contributed by atoms with Crippen LogP contribution in [0.25, 0.3) is 6.08 Å². The van der Waals surface area contributed by atoms with Gasteiger partial charge >= 0.3 is 5.97 Å². The van der Waals surface area contributed by atoms with E-state index in [1.54, 1.807) is 5.57 Å². The van der Waals surface area contributed by atoms with Crippen LogP contribution in [0.5, 0.6) is 0 Å². The Hall–Kier alpha value is -1.65. The first-order valence-corrected chi connectivity index (χ1v) is 11.3. The minimum atomic E-state index is -0.713. The summed E-state index contributed by atoms with van der Waals surface area (Å²) in [6.45, 7) is 6.52. The monoisotopic (exact) mass is 398 g/mol. The van der Waals surface area contributed by atoms with Gasteiger partial charge in [-0.3, -0.25) is 4.79 Å². The molecule has 1 aromatic carbocycles. The van der Waals surface area contributed by atoms with Crippen molar-refractivity contribution in [2.75, 3.05) is 13.6 Å². The van der Waals surface area contributed by atoms with Crippen LogP contribution in [0.4, 0.5) is 0 Å². The predicted octanol–water partition coefficient (Wildman–Crippen LogP) is 4.81. The zero-order valence-corrected chi connectivity index (χ0v) is 18.5. The van der Waals surface area contributed by atoms with Crippen molar-refractivity contribution in [1.82, 2.24) is 10.2 Å². The maximum Gasteiger partial charge on any atom is 0.310 e. The molecule has 0 saturated heterocycles. The molecule has 2 aliphatic rings. The second-order valence-electron chi connectivity index (χ2n) is 9.71. The van der Waals surface area contributed by atoms with E-state index in [-0.39, 0.29) is 0 Å². The van der Waals surface area contributed by atoms with Crippen molar-refractivity contribution >= 4 is 12.0 Å². The summed E-state index contributed by atoms with van der Waals surface area (Å²) in [6.07, 6.45) is 9.45. The Kier molecular flexibility index (Phi) is 7.18. The molecule has 29 heavy (non-hydrogen) atoms. The number of nitrogens with one attached hydrogen (secondary N) is 1. The molecule has 0 heterocycles. The number of hydrogen-bond acceptors (Lipinski definition) is 3. The van der Waals surface area contributed by atoms with Gasteiger partial charge in [0.15, 0.2) is 0 Å². The molecule has 3 rings (SSSR count). The topological polar surface area (TPSA) is 52.6 Å². The number of aliphatic carboxylic acids is 1. The number of hydrogen-bond donors (Lipinski definition) is 2. The van der Waals surface area contributed by atoms with Crippen LogP contribution in [0.1, 0.15) is 64.9 Å². The van der Waals surface area contributed by atoms with Gasteiger partial charge in [0.05, 0.1) is 5.41 Å². The molecule has 2 saturated carbocycles. The van der Waals surface area contributed by atoms with Crippen molar-refractivity contribution in [2.24, 2.45) is 11.3 Å². The molecule has 0 spiro atoms. The molecule has 0 bridgehead atoms. The number of benzene rings is 1. The van der Waals surface area contributed by atoms with E-state index < -0.39 is 11.4 Å². The summed E-state index contributed by atoms with van der Waals surface area (Å²) < 4.78 is 0. The molecule has 0 aromatic heterocycles. The van der Waals surface area contributed by atoms with E-state index in [9.17, 15) is 9.90 Å². The number of rotatable bonds is 9. The Morgan fingerprint density at radius 2 is 1.86 bits per heavy atom. The highest BCUT2D eigenvalue weighted by molar-refractivity contribution is 5.73. The van der Waals surface area contributed by atoms with Gasteiger partial charge in [-0.05, 0) is 70.9 Å². The molecule has 4 heteroatoms. The molecular formula is C25H38N2O2. The molecule has 2 N–H and O–H groups in total. The Balaban J connectivity index is 1.45. The van der Waals surface area contributed by atoms with E-state index in [0.717, 1.165) is 19.3 Å². The third-order valence-corrected chi connectivity index (χ3v) is 6.82. The molecule has 0 radical (unpaired) electrons. The largest absolute Gasteiger partial charge is 0.481 e. The summed E-state index contributed by atoms with van der Waals surface area (Å²) in [5.41, 5.74) is 2.19. The average molecular weight is 399 g/mol. The van der Waals surface area contributed by atoms with Crippen LogP contribution in [0.2, 0.25) is 0 Å². The second kappa shape index (κ2) is 9.44.